The van der Waals surface area contributed by atoms with E-state index < -0.39 is 26.0 Å². The standard InChI is InChI=1S/C29H39N3O7S2/c33-23(20-38-24-5-3-6-26(15-24)40(34,35)25-8-9-25)17-30-22-16-29(39-19-22)10-12-32(13-11-29)41(36,37)27-14-21-4-1-2-7-28(21)31-18-27/h3,5-6,14-15,18,22-23,25,30,33H,1-2,4,7-13,16-17,19-20H2. The fourth-order valence-corrected chi connectivity index (χ4v) is 9.31. The van der Waals surface area contributed by atoms with Crippen molar-refractivity contribution < 1.29 is 31.4 Å². The van der Waals surface area contributed by atoms with E-state index in [0.717, 1.165) is 43.4 Å². The van der Waals surface area contributed by atoms with Crippen LogP contribution in [0.4, 0.5) is 0 Å². The van der Waals surface area contributed by atoms with Gasteiger partial charge in [0.15, 0.2) is 9.84 Å². The third kappa shape index (κ3) is 6.33. The van der Waals surface area contributed by atoms with Gasteiger partial charge >= 0.3 is 0 Å². The van der Waals surface area contributed by atoms with E-state index in [9.17, 15) is 21.9 Å². The molecule has 2 aliphatic carbocycles. The van der Waals surface area contributed by atoms with Gasteiger partial charge in [-0.05, 0) is 87.6 Å². The van der Waals surface area contributed by atoms with Crippen molar-refractivity contribution in [3.05, 3.63) is 47.8 Å². The number of sulfonamides is 1. The second-order valence-electron chi connectivity index (χ2n) is 11.9. The van der Waals surface area contributed by atoms with Gasteiger partial charge in [-0.25, -0.2) is 16.8 Å². The van der Waals surface area contributed by atoms with Crippen LogP contribution >= 0.6 is 0 Å². The molecular formula is C29H39N3O7S2. The fourth-order valence-electron chi connectivity index (χ4n) is 6.18. The first kappa shape index (κ1) is 29.0. The summed E-state index contributed by atoms with van der Waals surface area (Å²) in [5.41, 5.74) is 1.71. The fraction of sp³-hybridized carbons (Fsp3) is 0.621. The van der Waals surface area contributed by atoms with Gasteiger partial charge in [-0.1, -0.05) is 6.07 Å². The predicted molar refractivity (Wildman–Crippen MR) is 152 cm³/mol. The smallest absolute Gasteiger partial charge is 0.244 e. The number of aliphatic hydroxyl groups is 1. The maximum Gasteiger partial charge on any atom is 0.244 e. The van der Waals surface area contributed by atoms with Gasteiger partial charge in [0, 0.05) is 37.6 Å². The highest BCUT2D eigenvalue weighted by Gasteiger charge is 2.45. The minimum absolute atomic E-state index is 0.0308. The zero-order chi connectivity index (χ0) is 28.7. The number of piperidine rings is 1. The van der Waals surface area contributed by atoms with Gasteiger partial charge in [-0.3, -0.25) is 4.98 Å². The maximum absolute atomic E-state index is 13.3. The van der Waals surface area contributed by atoms with Crippen LogP contribution in [0.1, 0.15) is 56.2 Å². The van der Waals surface area contributed by atoms with Crippen molar-refractivity contribution in [2.75, 3.05) is 32.8 Å². The monoisotopic (exact) mass is 605 g/mol. The number of pyridine rings is 1. The van der Waals surface area contributed by atoms with E-state index in [1.807, 2.05) is 6.07 Å². The van der Waals surface area contributed by atoms with Gasteiger partial charge < -0.3 is 19.9 Å². The Kier molecular flexibility index (Phi) is 8.16. The number of fused-ring (bicyclic) bond motifs is 1. The topological polar surface area (TPSA) is 135 Å². The zero-order valence-electron chi connectivity index (χ0n) is 23.2. The quantitative estimate of drug-likeness (QED) is 0.418. The summed E-state index contributed by atoms with van der Waals surface area (Å²) in [5, 5.41) is 13.6. The highest BCUT2D eigenvalue weighted by Crippen LogP contribution is 2.38. The van der Waals surface area contributed by atoms with E-state index in [2.05, 4.69) is 10.3 Å². The molecule has 10 nitrogen and oxygen atoms in total. The molecule has 41 heavy (non-hydrogen) atoms. The summed E-state index contributed by atoms with van der Waals surface area (Å²) in [6.07, 6.45) is 8.09. The molecule has 12 heteroatoms. The minimum Gasteiger partial charge on any atom is -0.491 e. The van der Waals surface area contributed by atoms with Crippen molar-refractivity contribution >= 4 is 19.9 Å². The lowest BCUT2D eigenvalue weighted by Gasteiger charge is -2.38. The second-order valence-corrected chi connectivity index (χ2v) is 16.0. The van der Waals surface area contributed by atoms with Crippen molar-refractivity contribution in [1.29, 1.82) is 0 Å². The number of hydrogen-bond donors (Lipinski definition) is 2. The maximum atomic E-state index is 13.3. The Balaban J connectivity index is 0.961. The highest BCUT2D eigenvalue weighted by atomic mass is 32.2. The average molecular weight is 606 g/mol. The predicted octanol–water partition coefficient (Wildman–Crippen LogP) is 2.24. The van der Waals surface area contributed by atoms with E-state index in [1.165, 1.54) is 12.3 Å². The van der Waals surface area contributed by atoms with Gasteiger partial charge in [-0.2, -0.15) is 4.31 Å². The van der Waals surface area contributed by atoms with E-state index in [4.69, 9.17) is 9.47 Å². The molecule has 2 unspecified atom stereocenters. The Morgan fingerprint density at radius 1 is 1.10 bits per heavy atom. The molecule has 1 aromatic heterocycles. The summed E-state index contributed by atoms with van der Waals surface area (Å²) in [5.74, 6) is 0.418. The van der Waals surface area contributed by atoms with E-state index in [-0.39, 0.29) is 33.3 Å². The summed E-state index contributed by atoms with van der Waals surface area (Å²) >= 11 is 0. The number of aromatic nitrogens is 1. The summed E-state index contributed by atoms with van der Waals surface area (Å²) in [7, 11) is -6.90. The zero-order valence-corrected chi connectivity index (χ0v) is 24.8. The number of benzene rings is 1. The molecule has 3 heterocycles. The number of aryl methyl sites for hydroxylation is 2. The van der Waals surface area contributed by atoms with Crippen LogP contribution < -0.4 is 10.1 Å². The Bertz CT molecular complexity index is 1470. The van der Waals surface area contributed by atoms with Gasteiger partial charge in [0.1, 0.15) is 23.4 Å². The molecule has 1 saturated carbocycles. The SMILES string of the molecule is O=S(=O)(c1cccc(OCC(O)CNC2COC3(CCN(S(=O)(=O)c4cnc5c(c4)CCCC5)CC3)C2)c1)C1CC1. The number of aliphatic hydroxyl groups excluding tert-OH is 1. The number of hydrogen-bond acceptors (Lipinski definition) is 9. The average Bonchev–Trinajstić information content (AvgIpc) is 3.78. The molecule has 0 radical (unpaired) electrons. The molecule has 0 amide bonds. The van der Waals surface area contributed by atoms with E-state index >= 15 is 0 Å². The van der Waals surface area contributed by atoms with Crippen LogP contribution in [0.15, 0.2) is 46.3 Å². The van der Waals surface area contributed by atoms with Gasteiger partial charge in [0.2, 0.25) is 10.0 Å². The molecule has 2 aliphatic heterocycles. The Hall–Kier alpha value is -2.09. The minimum atomic E-state index is -3.60. The first-order chi connectivity index (χ1) is 19.6. The van der Waals surface area contributed by atoms with Crippen molar-refractivity contribution in [2.24, 2.45) is 0 Å². The number of rotatable bonds is 10. The number of nitrogens with zero attached hydrogens (tertiary/aromatic N) is 2. The highest BCUT2D eigenvalue weighted by molar-refractivity contribution is 7.92. The molecule has 1 spiro atoms. The Morgan fingerprint density at radius 3 is 2.66 bits per heavy atom. The Labute approximate surface area is 242 Å². The van der Waals surface area contributed by atoms with Crippen molar-refractivity contribution in [1.82, 2.24) is 14.6 Å². The summed E-state index contributed by atoms with van der Waals surface area (Å²) in [4.78, 5) is 5.00. The van der Waals surface area contributed by atoms with Crippen LogP contribution in [0.5, 0.6) is 5.75 Å². The summed E-state index contributed by atoms with van der Waals surface area (Å²) in [6, 6.07) is 8.32. The van der Waals surface area contributed by atoms with Crippen molar-refractivity contribution in [3.8, 4) is 5.75 Å². The third-order valence-electron chi connectivity index (χ3n) is 8.81. The second kappa shape index (κ2) is 11.5. The lowest BCUT2D eigenvalue weighted by Crippen LogP contribution is -2.47. The summed E-state index contributed by atoms with van der Waals surface area (Å²) in [6.45, 7) is 1.63. The normalized spacial score (nSPS) is 23.8. The molecule has 2 aromatic rings. The van der Waals surface area contributed by atoms with Crippen LogP contribution in [0.25, 0.3) is 0 Å². The molecule has 2 saturated heterocycles. The van der Waals surface area contributed by atoms with Crippen LogP contribution in [-0.2, 0) is 37.4 Å². The van der Waals surface area contributed by atoms with Gasteiger partial charge in [0.25, 0.3) is 0 Å². The molecule has 6 rings (SSSR count). The largest absolute Gasteiger partial charge is 0.491 e. The molecule has 3 fully saturated rings. The Morgan fingerprint density at radius 2 is 1.88 bits per heavy atom. The van der Waals surface area contributed by atoms with E-state index in [0.29, 0.717) is 57.7 Å². The number of nitrogens with one attached hydrogen (secondary N) is 1. The van der Waals surface area contributed by atoms with Crippen molar-refractivity contribution in [2.45, 2.75) is 90.6 Å². The number of ether oxygens (including phenoxy) is 2. The molecule has 2 atom stereocenters. The lowest BCUT2D eigenvalue weighted by molar-refractivity contribution is -0.0312. The number of sulfone groups is 1. The lowest BCUT2D eigenvalue weighted by atomic mass is 9.88. The first-order valence-corrected chi connectivity index (χ1v) is 17.6. The molecular weight excluding hydrogens is 566 g/mol. The molecule has 1 aromatic carbocycles. The van der Waals surface area contributed by atoms with Crippen LogP contribution in [0.2, 0.25) is 0 Å². The molecule has 4 aliphatic rings. The van der Waals surface area contributed by atoms with E-state index in [1.54, 1.807) is 22.5 Å². The van der Waals surface area contributed by atoms with Gasteiger partial charge in [0.05, 0.1) is 22.4 Å². The summed E-state index contributed by atoms with van der Waals surface area (Å²) < 4.78 is 65.1. The molecule has 224 valence electrons. The van der Waals surface area contributed by atoms with Crippen molar-refractivity contribution in [3.63, 3.8) is 0 Å². The molecule has 2 N–H and O–H groups in total. The van der Waals surface area contributed by atoms with Crippen LogP contribution in [0.3, 0.4) is 0 Å². The van der Waals surface area contributed by atoms with Crippen LogP contribution in [-0.4, -0.2) is 87.1 Å². The van der Waals surface area contributed by atoms with Gasteiger partial charge in [-0.15, -0.1) is 0 Å². The molecule has 0 bridgehead atoms. The first-order valence-electron chi connectivity index (χ1n) is 14.6. The van der Waals surface area contributed by atoms with Crippen LogP contribution in [0, 0.1) is 0 Å². The third-order valence-corrected chi connectivity index (χ3v) is 12.9.